The van der Waals surface area contributed by atoms with Crippen LogP contribution in [0.4, 0.5) is 0 Å². The summed E-state index contributed by atoms with van der Waals surface area (Å²) in [6, 6.07) is 6.95. The summed E-state index contributed by atoms with van der Waals surface area (Å²) in [5, 5.41) is 24.9. The van der Waals surface area contributed by atoms with E-state index in [0.717, 1.165) is 16.6 Å². The van der Waals surface area contributed by atoms with E-state index in [4.69, 9.17) is 35.6 Å². The molecule has 6 atom stereocenters. The third kappa shape index (κ3) is 4.81. The number of carbonyl (C=O) groups is 1. The van der Waals surface area contributed by atoms with Crippen LogP contribution >= 0.6 is 19.4 Å². The summed E-state index contributed by atoms with van der Waals surface area (Å²) < 4.78 is 35.6. The first kappa shape index (κ1) is 22.3. The van der Waals surface area contributed by atoms with Crippen molar-refractivity contribution in [3.63, 3.8) is 0 Å². The summed E-state index contributed by atoms with van der Waals surface area (Å²) in [4.78, 5) is 14.8. The van der Waals surface area contributed by atoms with Crippen LogP contribution in [-0.2, 0) is 22.9 Å². The molecule has 1 aromatic heterocycles. The molecule has 0 aliphatic carbocycles. The van der Waals surface area contributed by atoms with Crippen LogP contribution in [-0.4, -0.2) is 62.4 Å². The fourth-order valence-corrected chi connectivity index (χ4v) is 4.87. The molecular weight excluding hydrogens is 455 g/mol. The highest BCUT2D eigenvalue weighted by Crippen LogP contribution is 2.57. The lowest BCUT2D eigenvalue weighted by molar-refractivity contribution is -0.0641. The van der Waals surface area contributed by atoms with Crippen LogP contribution in [0.1, 0.15) is 34.9 Å². The molecule has 1 amide bonds. The normalized spacial score (nSPS) is 33.5. The zero-order chi connectivity index (χ0) is 22.2. The Morgan fingerprint density at radius 2 is 2.19 bits per heavy atom. The SMILES string of the molecule is NC(=O)c1ncn(C2OC(COP3(=O)OCCC(c4cccc(Cl)c4)O3)C(O)C2O)n1. The number of amides is 1. The van der Waals surface area contributed by atoms with Gasteiger partial charge in [0.05, 0.1) is 19.3 Å². The zero-order valence-corrected chi connectivity index (χ0v) is 17.6. The number of benzene rings is 1. The lowest BCUT2D eigenvalue weighted by atomic mass is 10.1. The van der Waals surface area contributed by atoms with Gasteiger partial charge in [-0.25, -0.2) is 14.2 Å². The number of nitrogens with zero attached hydrogens (tertiary/aromatic N) is 3. The molecule has 3 heterocycles. The molecule has 4 rings (SSSR count). The fourth-order valence-electron chi connectivity index (χ4n) is 3.27. The van der Waals surface area contributed by atoms with Crippen LogP contribution in [0.5, 0.6) is 0 Å². The van der Waals surface area contributed by atoms with E-state index in [1.165, 1.54) is 0 Å². The molecule has 0 bridgehead atoms. The second-order valence-electron chi connectivity index (χ2n) is 6.97. The van der Waals surface area contributed by atoms with Crippen molar-refractivity contribution in [1.29, 1.82) is 0 Å². The number of phosphoric acid groups is 1. The number of halogens is 1. The summed E-state index contributed by atoms with van der Waals surface area (Å²) in [6.07, 6.45) is -4.01. The highest BCUT2D eigenvalue weighted by atomic mass is 35.5. The molecule has 2 aromatic rings. The Kier molecular flexibility index (Phi) is 6.42. The van der Waals surface area contributed by atoms with Gasteiger partial charge in [0.1, 0.15) is 24.6 Å². The largest absolute Gasteiger partial charge is 0.475 e. The standard InChI is InChI=1S/C17H20ClN4O8P/c18-10-3-1-2-9(6-10)11-4-5-27-31(26,30-11)28-7-12-13(23)14(24)17(29-12)22-8-20-16(21-22)15(19)25/h1-3,6,8,11-14,17,23-24H,4-5,7H2,(H2,19,25). The quantitative estimate of drug-likeness (QED) is 0.512. The molecule has 4 N–H and O–H groups in total. The van der Waals surface area contributed by atoms with Crippen molar-refractivity contribution < 1.29 is 37.9 Å². The highest BCUT2D eigenvalue weighted by molar-refractivity contribution is 7.48. The van der Waals surface area contributed by atoms with Crippen molar-refractivity contribution in [1.82, 2.24) is 14.8 Å². The molecule has 0 saturated carbocycles. The predicted octanol–water partition coefficient (Wildman–Crippen LogP) is 0.952. The minimum atomic E-state index is -3.96. The topological polar surface area (TPSA) is 168 Å². The molecule has 0 radical (unpaired) electrons. The summed E-state index contributed by atoms with van der Waals surface area (Å²) in [6.45, 7) is -0.270. The lowest BCUT2D eigenvalue weighted by Gasteiger charge is -2.29. The fraction of sp³-hybridized carbons (Fsp3) is 0.471. The van der Waals surface area contributed by atoms with Gasteiger partial charge in [-0.3, -0.25) is 18.4 Å². The van der Waals surface area contributed by atoms with Crippen molar-refractivity contribution in [2.24, 2.45) is 5.73 Å². The Morgan fingerprint density at radius 3 is 2.90 bits per heavy atom. The maximum absolute atomic E-state index is 12.9. The second-order valence-corrected chi connectivity index (χ2v) is 9.03. The molecule has 14 heteroatoms. The van der Waals surface area contributed by atoms with E-state index >= 15 is 0 Å². The molecule has 6 unspecified atom stereocenters. The number of aliphatic hydroxyl groups excluding tert-OH is 2. The molecule has 2 saturated heterocycles. The lowest BCUT2D eigenvalue weighted by Crippen LogP contribution is -2.34. The summed E-state index contributed by atoms with van der Waals surface area (Å²) in [7, 11) is -3.96. The van der Waals surface area contributed by atoms with E-state index in [9.17, 15) is 19.6 Å². The summed E-state index contributed by atoms with van der Waals surface area (Å²) in [5.74, 6) is -1.13. The van der Waals surface area contributed by atoms with Crippen LogP contribution in [0.15, 0.2) is 30.6 Å². The molecular formula is C17H20ClN4O8P. The molecule has 2 aliphatic rings. The Hall–Kier alpha value is -1.89. The Morgan fingerprint density at radius 1 is 1.39 bits per heavy atom. The number of aliphatic hydroxyl groups is 2. The van der Waals surface area contributed by atoms with Gasteiger partial charge >= 0.3 is 7.82 Å². The van der Waals surface area contributed by atoms with Gasteiger partial charge in [0.2, 0.25) is 5.82 Å². The van der Waals surface area contributed by atoms with Crippen molar-refractivity contribution >= 4 is 25.3 Å². The number of nitrogens with two attached hydrogens (primary N) is 1. The van der Waals surface area contributed by atoms with Crippen molar-refractivity contribution in [3.8, 4) is 0 Å². The van der Waals surface area contributed by atoms with Crippen LogP contribution in [0, 0.1) is 0 Å². The van der Waals surface area contributed by atoms with Gasteiger partial charge in [-0.2, -0.15) is 0 Å². The van der Waals surface area contributed by atoms with Crippen molar-refractivity contribution in [3.05, 3.63) is 47.0 Å². The van der Waals surface area contributed by atoms with Gasteiger partial charge in [-0.15, -0.1) is 5.10 Å². The van der Waals surface area contributed by atoms with Gasteiger partial charge in [0.15, 0.2) is 6.23 Å². The van der Waals surface area contributed by atoms with E-state index < -0.39 is 51.0 Å². The van der Waals surface area contributed by atoms with Gasteiger partial charge < -0.3 is 20.7 Å². The minimum Gasteiger partial charge on any atom is -0.387 e. The summed E-state index contributed by atoms with van der Waals surface area (Å²) in [5.41, 5.74) is 5.83. The predicted molar refractivity (Wildman–Crippen MR) is 104 cm³/mol. The maximum atomic E-state index is 12.9. The van der Waals surface area contributed by atoms with Crippen LogP contribution in [0.2, 0.25) is 5.02 Å². The molecule has 0 spiro atoms. The molecule has 168 valence electrons. The van der Waals surface area contributed by atoms with Crippen molar-refractivity contribution in [2.45, 2.75) is 37.1 Å². The van der Waals surface area contributed by atoms with Crippen LogP contribution in [0.3, 0.4) is 0 Å². The highest BCUT2D eigenvalue weighted by Gasteiger charge is 2.46. The van der Waals surface area contributed by atoms with Gasteiger partial charge in [-0.1, -0.05) is 23.7 Å². The number of carbonyl (C=O) groups excluding carboxylic acids is 1. The van der Waals surface area contributed by atoms with Gasteiger partial charge in [-0.05, 0) is 17.7 Å². The second kappa shape index (κ2) is 8.93. The average Bonchev–Trinajstić information content (AvgIpc) is 3.33. The van der Waals surface area contributed by atoms with Crippen LogP contribution in [0.25, 0.3) is 0 Å². The Balaban J connectivity index is 1.39. The Bertz CT molecular complexity index is 1010. The van der Waals surface area contributed by atoms with Crippen LogP contribution < -0.4 is 5.73 Å². The smallest absolute Gasteiger partial charge is 0.387 e. The first-order chi connectivity index (χ1) is 14.8. The number of hydrogen-bond donors (Lipinski definition) is 3. The number of primary amides is 1. The number of aromatic nitrogens is 3. The van der Waals surface area contributed by atoms with E-state index in [2.05, 4.69) is 10.1 Å². The number of phosphoric ester groups is 1. The Labute approximate surface area is 181 Å². The summed E-state index contributed by atoms with van der Waals surface area (Å²) >= 11 is 6.00. The van der Waals surface area contributed by atoms with Gasteiger partial charge in [0.25, 0.3) is 5.91 Å². The van der Waals surface area contributed by atoms with E-state index in [1.54, 1.807) is 24.3 Å². The first-order valence-electron chi connectivity index (χ1n) is 9.31. The van der Waals surface area contributed by atoms with Gasteiger partial charge in [0, 0.05) is 11.4 Å². The third-order valence-electron chi connectivity index (χ3n) is 4.83. The molecule has 1 aromatic carbocycles. The zero-order valence-electron chi connectivity index (χ0n) is 16.0. The van der Waals surface area contributed by atoms with E-state index in [-0.39, 0.29) is 12.4 Å². The molecule has 2 fully saturated rings. The van der Waals surface area contributed by atoms with E-state index in [1.807, 2.05) is 0 Å². The maximum Gasteiger partial charge on any atom is 0.475 e. The molecule has 31 heavy (non-hydrogen) atoms. The van der Waals surface area contributed by atoms with E-state index in [0.29, 0.717) is 11.4 Å². The monoisotopic (exact) mass is 474 g/mol. The molecule has 12 nitrogen and oxygen atoms in total. The molecule has 2 aliphatic heterocycles. The average molecular weight is 475 g/mol. The van der Waals surface area contributed by atoms with Crippen molar-refractivity contribution in [2.75, 3.05) is 13.2 Å². The first-order valence-corrected chi connectivity index (χ1v) is 11.1. The number of hydrogen-bond acceptors (Lipinski definition) is 10. The number of rotatable bonds is 6. The number of ether oxygens (including phenoxy) is 1. The third-order valence-corrected chi connectivity index (χ3v) is 6.54. The minimum absolute atomic E-state index is 0.128.